The molecule has 0 radical (unpaired) electrons. The maximum absolute atomic E-state index is 9.41. The summed E-state index contributed by atoms with van der Waals surface area (Å²) < 4.78 is 19.7. The first-order chi connectivity index (χ1) is 24.6. The summed E-state index contributed by atoms with van der Waals surface area (Å²) in [5, 5.41) is 18.8. The Labute approximate surface area is 309 Å². The van der Waals surface area contributed by atoms with E-state index in [2.05, 4.69) is 62.4 Å². The molecule has 1 aliphatic rings. The number of fused-ring (bicyclic) bond motifs is 2. The average Bonchev–Trinajstić information content (AvgIpc) is 3.98. The molecule has 7 rings (SSSR count). The molecule has 0 aliphatic carbocycles. The number of nitrogens with zero attached hydrogens (tertiary/aromatic N) is 6. The lowest BCUT2D eigenvalue weighted by Crippen LogP contribution is -1.87. The predicted octanol–water partition coefficient (Wildman–Crippen LogP) is 13.2. The fraction of sp³-hybridized carbons (Fsp3) is 0.300. The molecule has 0 saturated heterocycles. The fourth-order valence-electron chi connectivity index (χ4n) is 6.57. The summed E-state index contributed by atoms with van der Waals surface area (Å²) in [6.45, 7) is 4.49. The molecule has 0 bridgehead atoms. The molecular weight excluding hydrogens is 693 g/mol. The Balaban J connectivity index is 1.35. The average molecular weight is 729 g/mol. The summed E-state index contributed by atoms with van der Waals surface area (Å²) >= 11 is 6.03. The lowest BCUT2D eigenvalue weighted by molar-refractivity contribution is 0.668. The van der Waals surface area contributed by atoms with E-state index in [0.717, 1.165) is 80.1 Å². The standard InChI is InChI=1S/C40H36N6S4/c1-3-5-7-9-11-29-21-31(47-39(29)27-17-13-25(23-41)14-18-27)33-35-37(45-49-43-35)34(38-36(33)44-50-46-38)32-22-30(12-10-8-6-4-2)40(48-32)28-19-15-26(24-42)16-20-28/h13-22H,3-12H2,1-2H3. The molecule has 0 amide bonds. The predicted molar refractivity (Wildman–Crippen MR) is 212 cm³/mol. The number of aromatic nitrogens is 2. The summed E-state index contributed by atoms with van der Waals surface area (Å²) in [4.78, 5) is 4.71. The van der Waals surface area contributed by atoms with Crippen LogP contribution in [0, 0.1) is 22.7 Å². The highest BCUT2D eigenvalue weighted by Gasteiger charge is 2.29. The summed E-state index contributed by atoms with van der Waals surface area (Å²) in [5.41, 5.74) is 11.7. The molecule has 0 spiro atoms. The summed E-state index contributed by atoms with van der Waals surface area (Å²) in [5.74, 6) is 0. The Morgan fingerprint density at radius 2 is 1.02 bits per heavy atom. The van der Waals surface area contributed by atoms with Crippen LogP contribution in [0.4, 0.5) is 11.4 Å². The van der Waals surface area contributed by atoms with Gasteiger partial charge in [-0.05, 0) is 84.3 Å². The molecule has 0 atom stereocenters. The van der Waals surface area contributed by atoms with Crippen LogP contribution in [0.3, 0.4) is 0 Å². The van der Waals surface area contributed by atoms with Gasteiger partial charge >= 0.3 is 0 Å². The maximum atomic E-state index is 9.41. The van der Waals surface area contributed by atoms with Crippen LogP contribution in [-0.4, -0.2) is 8.75 Å². The van der Waals surface area contributed by atoms with E-state index in [4.69, 9.17) is 17.5 Å². The van der Waals surface area contributed by atoms with E-state index in [0.29, 0.717) is 11.1 Å². The number of thiophene rings is 2. The third kappa shape index (κ3) is 6.86. The zero-order valence-electron chi connectivity index (χ0n) is 28.2. The number of hydrogen-bond donors (Lipinski definition) is 0. The molecule has 250 valence electrons. The zero-order valence-corrected chi connectivity index (χ0v) is 31.4. The van der Waals surface area contributed by atoms with Crippen LogP contribution >= 0.6 is 34.4 Å². The van der Waals surface area contributed by atoms with Gasteiger partial charge in [-0.15, -0.1) is 22.7 Å². The van der Waals surface area contributed by atoms with Crippen LogP contribution in [0.2, 0.25) is 0 Å². The molecule has 0 unspecified atom stereocenters. The molecule has 1 aliphatic heterocycles. The van der Waals surface area contributed by atoms with Crippen molar-refractivity contribution in [3.05, 3.63) is 82.9 Å². The zero-order chi connectivity index (χ0) is 34.5. The quantitative estimate of drug-likeness (QED) is 0.104. The molecule has 0 saturated carbocycles. The second-order valence-electron chi connectivity index (χ2n) is 12.6. The molecule has 6 nitrogen and oxygen atoms in total. The molecule has 0 N–H and O–H groups in total. The van der Waals surface area contributed by atoms with Crippen molar-refractivity contribution in [1.82, 2.24) is 8.75 Å². The molecule has 0 fully saturated rings. The van der Waals surface area contributed by atoms with Gasteiger partial charge in [-0.1, -0.05) is 76.6 Å². The number of hydrogen-bond acceptors (Lipinski definition) is 9. The highest BCUT2D eigenvalue weighted by atomic mass is 32.1. The van der Waals surface area contributed by atoms with Crippen LogP contribution in [0.15, 0.2) is 69.4 Å². The van der Waals surface area contributed by atoms with E-state index in [9.17, 15) is 10.5 Å². The van der Waals surface area contributed by atoms with Crippen molar-refractivity contribution in [1.29, 1.82) is 10.5 Å². The van der Waals surface area contributed by atoms with Crippen LogP contribution in [0.25, 0.3) is 52.8 Å². The summed E-state index contributed by atoms with van der Waals surface area (Å²) in [6, 6.07) is 25.0. The fourth-order valence-corrected chi connectivity index (χ4v) is 10.2. The van der Waals surface area contributed by atoms with Crippen LogP contribution in [0.5, 0.6) is 0 Å². The van der Waals surface area contributed by atoms with Gasteiger partial charge < -0.3 is 0 Å². The molecule has 6 aromatic rings. The van der Waals surface area contributed by atoms with Crippen molar-refractivity contribution in [2.75, 3.05) is 0 Å². The van der Waals surface area contributed by atoms with Crippen LogP contribution in [0.1, 0.15) is 87.5 Å². The molecule has 3 aromatic carbocycles. The second-order valence-corrected chi connectivity index (χ2v) is 15.8. The largest absolute Gasteiger partial charge is 0.192 e. The third-order valence-corrected chi connectivity index (χ3v) is 12.7. The first-order valence-electron chi connectivity index (χ1n) is 17.3. The minimum absolute atomic E-state index is 0.663. The van der Waals surface area contributed by atoms with E-state index in [-0.39, 0.29) is 0 Å². The number of unbranched alkanes of at least 4 members (excludes halogenated alkanes) is 6. The van der Waals surface area contributed by atoms with E-state index in [1.54, 1.807) is 22.7 Å². The molecule has 3 aromatic heterocycles. The van der Waals surface area contributed by atoms with Crippen molar-refractivity contribution in [2.45, 2.75) is 78.1 Å². The van der Waals surface area contributed by atoms with E-state index in [1.165, 1.54) is 82.5 Å². The Hall–Kier alpha value is -4.32. The highest BCUT2D eigenvalue weighted by molar-refractivity contribution is 7.58. The minimum Gasteiger partial charge on any atom is -0.192 e. The normalized spacial score (nSPS) is 11.8. The third-order valence-electron chi connectivity index (χ3n) is 9.19. The van der Waals surface area contributed by atoms with Gasteiger partial charge in [-0.25, -0.2) is 0 Å². The van der Waals surface area contributed by atoms with E-state index in [1.807, 2.05) is 24.3 Å². The van der Waals surface area contributed by atoms with Crippen molar-refractivity contribution in [2.24, 2.45) is 8.73 Å². The van der Waals surface area contributed by atoms with Gasteiger partial charge in [0.2, 0.25) is 0 Å². The number of aryl methyl sites for hydroxylation is 2. The minimum atomic E-state index is 0.663. The second kappa shape index (κ2) is 15.7. The van der Waals surface area contributed by atoms with Crippen molar-refractivity contribution in [3.63, 3.8) is 0 Å². The van der Waals surface area contributed by atoms with E-state index < -0.39 is 0 Å². The van der Waals surface area contributed by atoms with E-state index >= 15 is 0 Å². The van der Waals surface area contributed by atoms with Crippen LogP contribution < -0.4 is 0 Å². The van der Waals surface area contributed by atoms with Gasteiger partial charge in [-0.3, -0.25) is 0 Å². The first kappa shape index (κ1) is 34.1. The summed E-state index contributed by atoms with van der Waals surface area (Å²) in [6.07, 6.45) is 11.5. The van der Waals surface area contributed by atoms with Crippen LogP contribution in [-0.2, 0) is 24.2 Å². The number of nitriles is 2. The first-order valence-corrected chi connectivity index (χ1v) is 20.4. The Kier molecular flexibility index (Phi) is 10.7. The van der Waals surface area contributed by atoms with Gasteiger partial charge in [-0.2, -0.15) is 28.0 Å². The Morgan fingerprint density at radius 1 is 0.580 bits per heavy atom. The lowest BCUT2D eigenvalue weighted by atomic mass is 9.97. The smallest absolute Gasteiger partial charge is 0.116 e. The van der Waals surface area contributed by atoms with Crippen molar-refractivity contribution in [3.8, 4) is 53.9 Å². The lowest BCUT2D eigenvalue weighted by Gasteiger charge is -2.09. The van der Waals surface area contributed by atoms with Gasteiger partial charge in [0.05, 0.1) is 46.3 Å². The number of benzene rings is 3. The van der Waals surface area contributed by atoms with Crippen molar-refractivity contribution < 1.29 is 0 Å². The molecule has 10 heteroatoms. The maximum Gasteiger partial charge on any atom is 0.116 e. The molecular formula is C40H36N6S4. The Morgan fingerprint density at radius 3 is 1.42 bits per heavy atom. The van der Waals surface area contributed by atoms with Gasteiger partial charge in [0, 0.05) is 30.6 Å². The number of rotatable bonds is 14. The molecule has 50 heavy (non-hydrogen) atoms. The van der Waals surface area contributed by atoms with Gasteiger partial charge in [0.1, 0.15) is 22.4 Å². The highest BCUT2D eigenvalue weighted by Crippen LogP contribution is 2.55. The Bertz CT molecular complexity index is 2150. The topological polar surface area (TPSA) is 98.1 Å². The molecule has 4 heterocycles. The monoisotopic (exact) mass is 728 g/mol. The van der Waals surface area contributed by atoms with Crippen molar-refractivity contribution >= 4 is 68.2 Å². The summed E-state index contributed by atoms with van der Waals surface area (Å²) in [7, 11) is 0. The van der Waals surface area contributed by atoms with Gasteiger partial charge in [0.25, 0.3) is 0 Å². The SMILES string of the molecule is CCCCCCc1cc(-c2c3c(c(-c4cc(CCCCCC)c(-c5ccc(C#N)cc5)s4)c4nsnc24)N=S=N3)sc1-c1ccc(C#N)cc1. The van der Waals surface area contributed by atoms with Gasteiger partial charge in [0.15, 0.2) is 0 Å².